The number of benzene rings is 2. The van der Waals surface area contributed by atoms with E-state index in [1.807, 2.05) is 42.5 Å². The highest BCUT2D eigenvalue weighted by Gasteiger charge is 2.23. The third kappa shape index (κ3) is 4.64. The van der Waals surface area contributed by atoms with Crippen molar-refractivity contribution >= 4 is 34.4 Å². The van der Waals surface area contributed by atoms with Gasteiger partial charge in [0.05, 0.1) is 31.0 Å². The first kappa shape index (κ1) is 18.0. The Morgan fingerprint density at radius 3 is 2.73 bits per heavy atom. The van der Waals surface area contributed by atoms with E-state index < -0.39 is 0 Å². The van der Waals surface area contributed by atoms with Crippen LogP contribution in [0.15, 0.2) is 59.6 Å². The van der Waals surface area contributed by atoms with E-state index in [1.165, 1.54) is 11.8 Å². The van der Waals surface area contributed by atoms with E-state index in [9.17, 15) is 9.59 Å². The van der Waals surface area contributed by atoms with E-state index >= 15 is 0 Å². The number of nitrogens with one attached hydrogen (secondary N) is 2. The molecule has 2 N–H and O–H groups in total. The molecule has 0 saturated heterocycles. The number of para-hydroxylation sites is 2. The first-order valence-corrected chi connectivity index (χ1v) is 9.12. The number of carbonyl (C=O) groups excluding carboxylic acids is 2. The maximum atomic E-state index is 12.2. The number of thioether (sulfide) groups is 1. The summed E-state index contributed by atoms with van der Waals surface area (Å²) in [4.78, 5) is 28.7. The number of hydrogen-bond acceptors (Lipinski definition) is 5. The SMILES string of the molecule is COc1ccccc1NC(=O)CSC1=N[C@H](c2ccccc2)CC(=O)N1. The molecule has 1 atom stereocenters. The first-order chi connectivity index (χ1) is 12.7. The molecule has 7 heteroatoms. The molecule has 0 aliphatic carbocycles. The van der Waals surface area contributed by atoms with Crippen LogP contribution in [0.4, 0.5) is 5.69 Å². The molecule has 2 aromatic carbocycles. The fourth-order valence-electron chi connectivity index (χ4n) is 2.57. The maximum Gasteiger partial charge on any atom is 0.234 e. The summed E-state index contributed by atoms with van der Waals surface area (Å²) >= 11 is 1.21. The number of carbonyl (C=O) groups is 2. The minimum Gasteiger partial charge on any atom is -0.495 e. The first-order valence-electron chi connectivity index (χ1n) is 8.14. The number of ether oxygens (including phenoxy) is 1. The minimum atomic E-state index is -0.218. The molecule has 0 spiro atoms. The Kier molecular flexibility index (Phi) is 5.91. The van der Waals surface area contributed by atoms with Gasteiger partial charge in [0.2, 0.25) is 11.8 Å². The van der Waals surface area contributed by atoms with Gasteiger partial charge in [-0.3, -0.25) is 14.6 Å². The van der Waals surface area contributed by atoms with Crippen LogP contribution >= 0.6 is 11.8 Å². The van der Waals surface area contributed by atoms with Crippen LogP contribution in [0.2, 0.25) is 0 Å². The van der Waals surface area contributed by atoms with Crippen molar-refractivity contribution in [1.29, 1.82) is 0 Å². The van der Waals surface area contributed by atoms with E-state index in [0.717, 1.165) is 5.56 Å². The maximum absolute atomic E-state index is 12.2. The monoisotopic (exact) mass is 369 g/mol. The van der Waals surface area contributed by atoms with Crippen LogP contribution in [0.1, 0.15) is 18.0 Å². The van der Waals surface area contributed by atoms with Crippen LogP contribution in [-0.2, 0) is 9.59 Å². The third-order valence-electron chi connectivity index (χ3n) is 3.80. The number of hydrogen-bond donors (Lipinski definition) is 2. The second-order valence-electron chi connectivity index (χ2n) is 5.65. The topological polar surface area (TPSA) is 79.8 Å². The summed E-state index contributed by atoms with van der Waals surface area (Å²) in [6.45, 7) is 0. The summed E-state index contributed by atoms with van der Waals surface area (Å²) in [5, 5.41) is 5.99. The molecule has 0 radical (unpaired) electrons. The zero-order valence-electron chi connectivity index (χ0n) is 14.3. The highest BCUT2D eigenvalue weighted by molar-refractivity contribution is 8.14. The van der Waals surface area contributed by atoms with Gasteiger partial charge in [-0.2, -0.15) is 0 Å². The van der Waals surface area contributed by atoms with Gasteiger partial charge in [-0.1, -0.05) is 54.2 Å². The van der Waals surface area contributed by atoms with Gasteiger partial charge in [0.25, 0.3) is 0 Å². The van der Waals surface area contributed by atoms with Gasteiger partial charge in [-0.25, -0.2) is 0 Å². The Labute approximate surface area is 156 Å². The Balaban J connectivity index is 1.62. The standard InChI is InChI=1S/C19H19N3O3S/c1-25-16-10-6-5-9-14(16)20-18(24)12-26-19-21-15(11-17(23)22-19)13-7-3-2-4-8-13/h2-10,15H,11-12H2,1H3,(H,20,24)(H,21,22,23)/t15-/m0/s1. The van der Waals surface area contributed by atoms with Crippen molar-refractivity contribution < 1.29 is 14.3 Å². The number of anilines is 1. The summed E-state index contributed by atoms with van der Waals surface area (Å²) in [6.07, 6.45) is 0.307. The van der Waals surface area contributed by atoms with E-state index in [-0.39, 0.29) is 23.6 Å². The van der Waals surface area contributed by atoms with Gasteiger partial charge in [-0.15, -0.1) is 0 Å². The Morgan fingerprint density at radius 2 is 1.96 bits per heavy atom. The van der Waals surface area contributed by atoms with Crippen LogP contribution in [0.3, 0.4) is 0 Å². The van der Waals surface area contributed by atoms with E-state index in [4.69, 9.17) is 4.74 Å². The van der Waals surface area contributed by atoms with Gasteiger partial charge < -0.3 is 15.4 Å². The predicted molar refractivity (Wildman–Crippen MR) is 103 cm³/mol. The van der Waals surface area contributed by atoms with E-state index in [2.05, 4.69) is 15.6 Å². The van der Waals surface area contributed by atoms with Crippen molar-refractivity contribution in [3.63, 3.8) is 0 Å². The second kappa shape index (κ2) is 8.53. The van der Waals surface area contributed by atoms with Crippen LogP contribution in [0.25, 0.3) is 0 Å². The lowest BCUT2D eigenvalue weighted by atomic mass is 10.0. The molecular formula is C19H19N3O3S. The summed E-state index contributed by atoms with van der Waals surface area (Å²) in [6, 6.07) is 16.6. The van der Waals surface area contributed by atoms with Gasteiger partial charge in [-0.05, 0) is 17.7 Å². The highest BCUT2D eigenvalue weighted by Crippen LogP contribution is 2.26. The molecule has 6 nitrogen and oxygen atoms in total. The van der Waals surface area contributed by atoms with Crippen LogP contribution in [0, 0.1) is 0 Å². The molecule has 2 aromatic rings. The molecule has 0 bridgehead atoms. The molecule has 0 unspecified atom stereocenters. The largest absolute Gasteiger partial charge is 0.495 e. The van der Waals surface area contributed by atoms with E-state index in [1.54, 1.807) is 19.2 Å². The predicted octanol–water partition coefficient (Wildman–Crippen LogP) is 2.98. The lowest BCUT2D eigenvalue weighted by Gasteiger charge is -2.20. The average Bonchev–Trinajstić information content (AvgIpc) is 2.67. The number of amides is 2. The summed E-state index contributed by atoms with van der Waals surface area (Å²) in [7, 11) is 1.55. The number of nitrogens with zero attached hydrogens (tertiary/aromatic N) is 1. The van der Waals surface area contributed by atoms with Crippen molar-refractivity contribution in [2.24, 2.45) is 4.99 Å². The number of rotatable bonds is 5. The fraction of sp³-hybridized carbons (Fsp3) is 0.211. The average molecular weight is 369 g/mol. The van der Waals surface area contributed by atoms with Crippen molar-refractivity contribution in [3.05, 3.63) is 60.2 Å². The molecule has 2 amide bonds. The van der Waals surface area contributed by atoms with Crippen LogP contribution < -0.4 is 15.4 Å². The molecule has 0 fully saturated rings. The minimum absolute atomic E-state index is 0.0958. The molecule has 1 aliphatic heterocycles. The van der Waals surface area contributed by atoms with Crippen molar-refractivity contribution in [3.8, 4) is 5.75 Å². The van der Waals surface area contributed by atoms with Crippen LogP contribution in [-0.4, -0.2) is 29.8 Å². The van der Waals surface area contributed by atoms with Gasteiger partial charge in [0.15, 0.2) is 5.17 Å². The van der Waals surface area contributed by atoms with Crippen molar-refractivity contribution in [2.45, 2.75) is 12.5 Å². The summed E-state index contributed by atoms with van der Waals surface area (Å²) in [5.74, 6) is 0.441. The fourth-order valence-corrected chi connectivity index (χ4v) is 3.30. The second-order valence-corrected chi connectivity index (χ2v) is 6.61. The number of methoxy groups -OCH3 is 1. The molecule has 0 aromatic heterocycles. The zero-order valence-corrected chi connectivity index (χ0v) is 15.1. The Bertz CT molecular complexity index is 824. The smallest absolute Gasteiger partial charge is 0.234 e. The van der Waals surface area contributed by atoms with E-state index in [0.29, 0.717) is 23.0 Å². The molecule has 1 heterocycles. The lowest BCUT2D eigenvalue weighted by molar-refractivity contribution is -0.120. The van der Waals surface area contributed by atoms with Gasteiger partial charge >= 0.3 is 0 Å². The summed E-state index contributed by atoms with van der Waals surface area (Å²) < 4.78 is 5.22. The highest BCUT2D eigenvalue weighted by atomic mass is 32.2. The number of amidine groups is 1. The molecule has 1 aliphatic rings. The lowest BCUT2D eigenvalue weighted by Crippen LogP contribution is -2.35. The normalized spacial score (nSPS) is 16.4. The summed E-state index contributed by atoms with van der Waals surface area (Å²) in [5.41, 5.74) is 1.59. The molecular weight excluding hydrogens is 350 g/mol. The molecule has 26 heavy (non-hydrogen) atoms. The molecule has 134 valence electrons. The van der Waals surface area contributed by atoms with Gasteiger partial charge in [0, 0.05) is 0 Å². The molecule has 0 saturated carbocycles. The van der Waals surface area contributed by atoms with Gasteiger partial charge in [0.1, 0.15) is 5.75 Å². The Hall–Kier alpha value is -2.80. The molecule has 3 rings (SSSR count). The number of aliphatic imine (C=N–C) groups is 1. The Morgan fingerprint density at radius 1 is 1.23 bits per heavy atom. The van der Waals surface area contributed by atoms with Crippen molar-refractivity contribution in [2.75, 3.05) is 18.2 Å². The zero-order chi connectivity index (χ0) is 18.4. The quantitative estimate of drug-likeness (QED) is 0.849. The van der Waals surface area contributed by atoms with Crippen LogP contribution in [0.5, 0.6) is 5.75 Å². The van der Waals surface area contributed by atoms with Crippen molar-refractivity contribution in [1.82, 2.24) is 5.32 Å². The third-order valence-corrected chi connectivity index (χ3v) is 4.69.